The first kappa shape index (κ1) is 15.2. The quantitative estimate of drug-likeness (QED) is 0.678. The number of carboxylic acid groups (broad SMARTS) is 3. The van der Waals surface area contributed by atoms with E-state index in [0.29, 0.717) is 4.90 Å². The van der Waals surface area contributed by atoms with E-state index in [1.807, 2.05) is 0 Å². The molecule has 1 aliphatic heterocycles. The zero-order valence-corrected chi connectivity index (χ0v) is 10.9. The highest BCUT2D eigenvalue weighted by Gasteiger charge is 2.38. The van der Waals surface area contributed by atoms with Crippen molar-refractivity contribution in [3.8, 4) is 0 Å². The summed E-state index contributed by atoms with van der Waals surface area (Å²) in [4.78, 5) is 57.8. The third kappa shape index (κ3) is 2.28. The summed E-state index contributed by atoms with van der Waals surface area (Å²) in [6.07, 6.45) is -0.400. The van der Waals surface area contributed by atoms with Gasteiger partial charge >= 0.3 is 17.9 Å². The average molecular weight is 307 g/mol. The molecular weight excluding hydrogens is 298 g/mol. The summed E-state index contributed by atoms with van der Waals surface area (Å²) in [6, 6.07) is 1.66. The fourth-order valence-corrected chi connectivity index (χ4v) is 2.22. The minimum atomic E-state index is -1.75. The van der Waals surface area contributed by atoms with Crippen molar-refractivity contribution in [1.82, 2.24) is 0 Å². The van der Waals surface area contributed by atoms with E-state index in [0.717, 1.165) is 12.1 Å². The maximum atomic E-state index is 11.8. The Balaban J connectivity index is 2.88. The van der Waals surface area contributed by atoms with Crippen molar-refractivity contribution >= 4 is 35.4 Å². The van der Waals surface area contributed by atoms with E-state index >= 15 is 0 Å². The molecule has 2 rings (SSSR count). The van der Waals surface area contributed by atoms with E-state index in [2.05, 4.69) is 0 Å². The zero-order valence-electron chi connectivity index (χ0n) is 10.9. The van der Waals surface area contributed by atoms with Gasteiger partial charge in [-0.05, 0) is 12.1 Å². The van der Waals surface area contributed by atoms with Crippen molar-refractivity contribution in [1.29, 1.82) is 0 Å². The van der Waals surface area contributed by atoms with Gasteiger partial charge in [-0.2, -0.15) is 0 Å². The molecule has 0 bridgehead atoms. The molecule has 0 aromatic heterocycles. The third-order valence-electron chi connectivity index (χ3n) is 3.13. The van der Waals surface area contributed by atoms with Crippen LogP contribution in [0.4, 0.5) is 5.69 Å². The standard InChI is InChI=1S/C13H9NO8/c15-7-3-4-8(16)14(7)10-6(12(19)20)2-1-5(11(17)18)9(10)13(21)22/h1-2H,3-4H2,(H,17,18)(H,19,20)(H,21,22). The van der Waals surface area contributed by atoms with Crippen molar-refractivity contribution in [2.24, 2.45) is 0 Å². The second-order valence-electron chi connectivity index (χ2n) is 4.42. The fourth-order valence-electron chi connectivity index (χ4n) is 2.22. The Bertz CT molecular complexity index is 720. The highest BCUT2D eigenvalue weighted by atomic mass is 16.4. The summed E-state index contributed by atoms with van der Waals surface area (Å²) >= 11 is 0. The second kappa shape index (κ2) is 5.28. The van der Waals surface area contributed by atoms with Crippen molar-refractivity contribution in [3.63, 3.8) is 0 Å². The van der Waals surface area contributed by atoms with Gasteiger partial charge in [0, 0.05) is 12.8 Å². The lowest BCUT2D eigenvalue weighted by atomic mass is 9.99. The molecule has 1 aromatic carbocycles. The van der Waals surface area contributed by atoms with E-state index in [4.69, 9.17) is 10.2 Å². The molecule has 0 aliphatic carbocycles. The molecule has 2 amide bonds. The molecule has 114 valence electrons. The molecule has 9 heteroatoms. The Morgan fingerprint density at radius 3 is 1.68 bits per heavy atom. The number of carbonyl (C=O) groups excluding carboxylic acids is 2. The summed E-state index contributed by atoms with van der Waals surface area (Å²) in [5.41, 5.74) is -2.96. The van der Waals surface area contributed by atoms with E-state index in [1.165, 1.54) is 0 Å². The Hall–Kier alpha value is -3.23. The van der Waals surface area contributed by atoms with Gasteiger partial charge in [0.2, 0.25) is 11.8 Å². The first-order chi connectivity index (χ1) is 10.3. The highest BCUT2D eigenvalue weighted by molar-refractivity contribution is 6.25. The van der Waals surface area contributed by atoms with Crippen molar-refractivity contribution in [2.45, 2.75) is 12.8 Å². The number of imide groups is 1. The smallest absolute Gasteiger partial charge is 0.338 e. The van der Waals surface area contributed by atoms with Gasteiger partial charge in [-0.25, -0.2) is 19.3 Å². The molecule has 0 radical (unpaired) electrons. The van der Waals surface area contributed by atoms with Gasteiger partial charge in [0.25, 0.3) is 0 Å². The van der Waals surface area contributed by atoms with Gasteiger partial charge in [0.15, 0.2) is 0 Å². The molecule has 1 fully saturated rings. The van der Waals surface area contributed by atoms with Gasteiger partial charge in [0.05, 0.1) is 22.4 Å². The van der Waals surface area contributed by atoms with Crippen molar-refractivity contribution in [2.75, 3.05) is 4.90 Å². The molecule has 1 heterocycles. The van der Waals surface area contributed by atoms with Crippen LogP contribution in [0.5, 0.6) is 0 Å². The van der Waals surface area contributed by atoms with E-state index < -0.39 is 52.1 Å². The van der Waals surface area contributed by atoms with Crippen LogP contribution in [-0.2, 0) is 9.59 Å². The molecule has 1 aromatic rings. The first-order valence-corrected chi connectivity index (χ1v) is 5.98. The summed E-state index contributed by atoms with van der Waals surface area (Å²) in [6.45, 7) is 0. The maximum absolute atomic E-state index is 11.8. The van der Waals surface area contributed by atoms with Crippen LogP contribution in [-0.4, -0.2) is 45.0 Å². The van der Waals surface area contributed by atoms with Crippen molar-refractivity contribution < 1.29 is 39.3 Å². The van der Waals surface area contributed by atoms with Crippen LogP contribution in [0, 0.1) is 0 Å². The molecular formula is C13H9NO8. The van der Waals surface area contributed by atoms with E-state index in [1.54, 1.807) is 0 Å². The van der Waals surface area contributed by atoms with Crippen LogP contribution in [0.15, 0.2) is 12.1 Å². The number of anilines is 1. The molecule has 3 N–H and O–H groups in total. The fraction of sp³-hybridized carbons (Fsp3) is 0.154. The van der Waals surface area contributed by atoms with E-state index in [-0.39, 0.29) is 12.8 Å². The Kier molecular flexibility index (Phi) is 3.64. The van der Waals surface area contributed by atoms with Crippen LogP contribution in [0.3, 0.4) is 0 Å². The number of aromatic carboxylic acids is 3. The highest BCUT2D eigenvalue weighted by Crippen LogP contribution is 2.33. The molecule has 0 spiro atoms. The van der Waals surface area contributed by atoms with Crippen molar-refractivity contribution in [3.05, 3.63) is 28.8 Å². The Morgan fingerprint density at radius 1 is 0.818 bits per heavy atom. The topological polar surface area (TPSA) is 149 Å². The summed E-state index contributed by atoms with van der Waals surface area (Å²) in [5.74, 6) is -6.50. The predicted molar refractivity (Wildman–Crippen MR) is 69.0 cm³/mol. The van der Waals surface area contributed by atoms with Crippen LogP contribution in [0.2, 0.25) is 0 Å². The summed E-state index contributed by atoms with van der Waals surface area (Å²) < 4.78 is 0. The lowest BCUT2D eigenvalue weighted by molar-refractivity contribution is -0.121. The molecule has 9 nitrogen and oxygen atoms in total. The number of nitrogens with zero attached hydrogens (tertiary/aromatic N) is 1. The van der Waals surface area contributed by atoms with Crippen LogP contribution in [0.1, 0.15) is 43.9 Å². The van der Waals surface area contributed by atoms with Crippen LogP contribution >= 0.6 is 0 Å². The second-order valence-corrected chi connectivity index (χ2v) is 4.42. The number of carboxylic acids is 3. The lowest BCUT2D eigenvalue weighted by Crippen LogP contribution is -2.33. The lowest BCUT2D eigenvalue weighted by Gasteiger charge is -2.20. The maximum Gasteiger partial charge on any atom is 0.338 e. The van der Waals surface area contributed by atoms with Crippen LogP contribution in [0.25, 0.3) is 0 Å². The van der Waals surface area contributed by atoms with Crippen LogP contribution < -0.4 is 4.90 Å². The SMILES string of the molecule is O=C(O)c1ccc(C(=O)O)c(N2C(=O)CCC2=O)c1C(=O)O. The number of hydrogen-bond donors (Lipinski definition) is 3. The number of carbonyl (C=O) groups is 5. The predicted octanol–water partition coefficient (Wildman–Crippen LogP) is 0.435. The normalized spacial score (nSPS) is 14.3. The number of benzene rings is 1. The number of amides is 2. The molecule has 0 atom stereocenters. The zero-order chi connectivity index (χ0) is 16.6. The van der Waals surface area contributed by atoms with Gasteiger partial charge in [-0.3, -0.25) is 9.59 Å². The molecule has 22 heavy (non-hydrogen) atoms. The summed E-state index contributed by atoms with van der Waals surface area (Å²) in [7, 11) is 0. The van der Waals surface area contributed by atoms with Gasteiger partial charge < -0.3 is 15.3 Å². The van der Waals surface area contributed by atoms with E-state index in [9.17, 15) is 29.1 Å². The number of rotatable bonds is 4. The average Bonchev–Trinajstić information content (AvgIpc) is 2.75. The largest absolute Gasteiger partial charge is 0.478 e. The number of hydrogen-bond acceptors (Lipinski definition) is 5. The molecule has 1 aliphatic rings. The first-order valence-electron chi connectivity index (χ1n) is 5.98. The molecule has 1 saturated heterocycles. The minimum Gasteiger partial charge on any atom is -0.478 e. The molecule has 0 saturated carbocycles. The van der Waals surface area contributed by atoms with Gasteiger partial charge in [-0.1, -0.05) is 0 Å². The van der Waals surface area contributed by atoms with Gasteiger partial charge in [-0.15, -0.1) is 0 Å². The Morgan fingerprint density at radius 2 is 1.27 bits per heavy atom. The third-order valence-corrected chi connectivity index (χ3v) is 3.13. The Labute approximate surface area is 122 Å². The molecule has 0 unspecified atom stereocenters. The van der Waals surface area contributed by atoms with Gasteiger partial charge in [0.1, 0.15) is 0 Å². The summed E-state index contributed by atoms with van der Waals surface area (Å²) in [5, 5.41) is 27.4. The minimum absolute atomic E-state index is 0.200. The monoisotopic (exact) mass is 307 g/mol.